The Labute approximate surface area is 268 Å². The number of benzene rings is 3. The summed E-state index contributed by atoms with van der Waals surface area (Å²) in [4.78, 5) is 41.4. The number of aliphatic hydroxyl groups is 1. The van der Waals surface area contributed by atoms with Gasteiger partial charge in [-0.25, -0.2) is 13.6 Å². The van der Waals surface area contributed by atoms with Gasteiger partial charge in [0.05, 0.1) is 19.3 Å². The molecule has 248 valence electrons. The maximum absolute atomic E-state index is 14.2. The van der Waals surface area contributed by atoms with E-state index < -0.39 is 42.3 Å². The zero-order valence-corrected chi connectivity index (χ0v) is 26.3. The third-order valence-corrected chi connectivity index (χ3v) is 7.05. The van der Waals surface area contributed by atoms with Gasteiger partial charge in [0.2, 0.25) is 0 Å². The third kappa shape index (κ3) is 12.0. The van der Waals surface area contributed by atoms with E-state index in [0.717, 1.165) is 36.6 Å². The number of esters is 1. The Morgan fingerprint density at radius 2 is 1.54 bits per heavy atom. The van der Waals surface area contributed by atoms with Crippen LogP contribution in [-0.2, 0) is 27.2 Å². The number of aliphatic hydroxyl groups excluding tert-OH is 1. The van der Waals surface area contributed by atoms with Crippen molar-refractivity contribution in [3.05, 3.63) is 107 Å². The molecule has 0 saturated heterocycles. The molecule has 0 saturated carbocycles. The van der Waals surface area contributed by atoms with Crippen LogP contribution in [-0.4, -0.2) is 79.4 Å². The molecule has 2 amide bonds. The molecule has 46 heavy (non-hydrogen) atoms. The van der Waals surface area contributed by atoms with Crippen LogP contribution in [0.5, 0.6) is 0 Å². The molecule has 0 heterocycles. The summed E-state index contributed by atoms with van der Waals surface area (Å²) in [6.45, 7) is 4.84. The number of nitrogens with zero attached hydrogens (tertiary/aromatic N) is 1. The lowest BCUT2D eigenvalue weighted by molar-refractivity contribution is -0.156. The number of hydrogen-bond acceptors (Lipinski definition) is 7. The molecule has 0 aliphatic carbocycles. The van der Waals surface area contributed by atoms with Gasteiger partial charge in [0.25, 0.3) is 11.8 Å². The Balaban J connectivity index is 1.90. The highest BCUT2D eigenvalue weighted by Gasteiger charge is 2.28. The summed E-state index contributed by atoms with van der Waals surface area (Å²) in [5, 5.41) is 15.1. The molecule has 3 N–H and O–H groups in total. The standard InChI is InChI=1S/C35H43F2N3O6/c1-3-13-40(14-4-2)35(44)28-12-8-11-27(20-28)34(43)39-31(19-26-17-29(36)21-30(37)18-26)32(46-33(42)24-45-16-15-41)23-38-22-25-9-6-5-7-10-25/h5-12,17-18,20-21,31-32,38,41H,3-4,13-16,19,22-24H2,1-2H3,(H,39,43). The molecule has 3 aromatic carbocycles. The summed E-state index contributed by atoms with van der Waals surface area (Å²) >= 11 is 0. The van der Waals surface area contributed by atoms with E-state index in [9.17, 15) is 23.2 Å². The molecule has 9 nitrogen and oxygen atoms in total. The summed E-state index contributed by atoms with van der Waals surface area (Å²) < 4.78 is 39.2. The first kappa shape index (κ1) is 36.3. The van der Waals surface area contributed by atoms with Crippen molar-refractivity contribution in [2.24, 2.45) is 0 Å². The number of carbonyl (C=O) groups excluding carboxylic acids is 3. The van der Waals surface area contributed by atoms with Crippen LogP contribution < -0.4 is 10.6 Å². The van der Waals surface area contributed by atoms with Gasteiger partial charge >= 0.3 is 5.97 Å². The summed E-state index contributed by atoms with van der Waals surface area (Å²) in [6, 6.07) is 17.9. The van der Waals surface area contributed by atoms with Crippen LogP contribution in [0.1, 0.15) is 58.5 Å². The molecule has 3 aromatic rings. The van der Waals surface area contributed by atoms with E-state index >= 15 is 0 Å². The molecule has 0 fully saturated rings. The molecular formula is C35H43F2N3O6. The van der Waals surface area contributed by atoms with E-state index in [-0.39, 0.29) is 43.2 Å². The quantitative estimate of drug-likeness (QED) is 0.133. The van der Waals surface area contributed by atoms with Crippen molar-refractivity contribution in [2.45, 2.75) is 51.8 Å². The molecule has 0 radical (unpaired) electrons. The van der Waals surface area contributed by atoms with Crippen molar-refractivity contribution in [2.75, 3.05) is 39.5 Å². The van der Waals surface area contributed by atoms with Gasteiger partial charge in [0.1, 0.15) is 24.3 Å². The Hall–Kier alpha value is -4.19. The fourth-order valence-electron chi connectivity index (χ4n) is 4.98. The first-order chi connectivity index (χ1) is 22.2. The highest BCUT2D eigenvalue weighted by molar-refractivity contribution is 5.99. The molecule has 0 spiro atoms. The Bertz CT molecular complexity index is 1380. The summed E-state index contributed by atoms with van der Waals surface area (Å²) in [5.41, 5.74) is 1.75. The fraction of sp³-hybridized carbons (Fsp3) is 0.400. The zero-order valence-electron chi connectivity index (χ0n) is 26.3. The van der Waals surface area contributed by atoms with Gasteiger partial charge in [-0.2, -0.15) is 0 Å². The van der Waals surface area contributed by atoms with Crippen LogP contribution in [0.25, 0.3) is 0 Å². The first-order valence-electron chi connectivity index (χ1n) is 15.5. The van der Waals surface area contributed by atoms with Crippen molar-refractivity contribution < 1.29 is 37.7 Å². The molecular weight excluding hydrogens is 596 g/mol. The molecule has 0 aliphatic rings. The maximum Gasteiger partial charge on any atom is 0.332 e. The molecule has 2 atom stereocenters. The molecule has 11 heteroatoms. The second-order valence-electron chi connectivity index (χ2n) is 10.9. The van der Waals surface area contributed by atoms with Gasteiger partial charge in [-0.1, -0.05) is 50.2 Å². The van der Waals surface area contributed by atoms with Crippen molar-refractivity contribution >= 4 is 17.8 Å². The molecule has 2 unspecified atom stereocenters. The molecule has 0 bridgehead atoms. The Morgan fingerprint density at radius 3 is 2.20 bits per heavy atom. The van der Waals surface area contributed by atoms with Crippen molar-refractivity contribution in [3.8, 4) is 0 Å². The number of halogens is 2. The SMILES string of the molecule is CCCN(CCC)C(=O)c1cccc(C(=O)NC(Cc2cc(F)cc(F)c2)C(CNCc2ccccc2)OC(=O)COCCO)c1. The molecule has 3 rings (SSSR count). The van der Waals surface area contributed by atoms with Gasteiger partial charge in [0, 0.05) is 43.4 Å². The zero-order chi connectivity index (χ0) is 33.3. The number of rotatable bonds is 19. The number of carbonyl (C=O) groups is 3. The average Bonchev–Trinajstić information content (AvgIpc) is 3.04. The lowest BCUT2D eigenvalue weighted by atomic mass is 9.99. The van der Waals surface area contributed by atoms with Crippen LogP contribution in [0.4, 0.5) is 8.78 Å². The molecule has 0 aromatic heterocycles. The predicted molar refractivity (Wildman–Crippen MR) is 170 cm³/mol. The highest BCUT2D eigenvalue weighted by Crippen LogP contribution is 2.16. The lowest BCUT2D eigenvalue weighted by Crippen LogP contribution is -2.51. The first-order valence-corrected chi connectivity index (χ1v) is 15.5. The lowest BCUT2D eigenvalue weighted by Gasteiger charge is -2.29. The van der Waals surface area contributed by atoms with Crippen molar-refractivity contribution in [1.29, 1.82) is 0 Å². The minimum Gasteiger partial charge on any atom is -0.457 e. The van der Waals surface area contributed by atoms with E-state index in [1.165, 1.54) is 6.07 Å². The Morgan fingerprint density at radius 1 is 0.870 bits per heavy atom. The minimum atomic E-state index is -1.00. The van der Waals surface area contributed by atoms with Crippen LogP contribution in [0.3, 0.4) is 0 Å². The van der Waals surface area contributed by atoms with Gasteiger partial charge in [-0.15, -0.1) is 0 Å². The van der Waals surface area contributed by atoms with Crippen LogP contribution in [0.15, 0.2) is 72.8 Å². The smallest absolute Gasteiger partial charge is 0.332 e. The number of hydrogen-bond donors (Lipinski definition) is 3. The third-order valence-electron chi connectivity index (χ3n) is 7.05. The van der Waals surface area contributed by atoms with Crippen molar-refractivity contribution in [1.82, 2.24) is 15.5 Å². The topological polar surface area (TPSA) is 117 Å². The normalized spacial score (nSPS) is 12.3. The van der Waals surface area contributed by atoms with Crippen LogP contribution in [0.2, 0.25) is 0 Å². The fourth-order valence-corrected chi connectivity index (χ4v) is 4.98. The van der Waals surface area contributed by atoms with Gasteiger partial charge in [-0.3, -0.25) is 9.59 Å². The second-order valence-corrected chi connectivity index (χ2v) is 10.9. The van der Waals surface area contributed by atoms with E-state index in [0.29, 0.717) is 25.2 Å². The van der Waals surface area contributed by atoms with E-state index in [4.69, 9.17) is 14.6 Å². The van der Waals surface area contributed by atoms with Gasteiger partial charge in [0.15, 0.2) is 0 Å². The van der Waals surface area contributed by atoms with Crippen LogP contribution >= 0.6 is 0 Å². The van der Waals surface area contributed by atoms with E-state index in [1.54, 1.807) is 23.1 Å². The van der Waals surface area contributed by atoms with Gasteiger partial charge < -0.3 is 30.1 Å². The summed E-state index contributed by atoms with van der Waals surface area (Å²) in [5.74, 6) is -3.07. The van der Waals surface area contributed by atoms with Crippen LogP contribution in [0, 0.1) is 11.6 Å². The largest absolute Gasteiger partial charge is 0.457 e. The van der Waals surface area contributed by atoms with E-state index in [2.05, 4.69) is 10.6 Å². The average molecular weight is 640 g/mol. The highest BCUT2D eigenvalue weighted by atomic mass is 19.1. The monoisotopic (exact) mass is 639 g/mol. The Kier molecular flexibility index (Phi) is 15.3. The number of ether oxygens (including phenoxy) is 2. The summed E-state index contributed by atoms with van der Waals surface area (Å²) in [6.07, 6.45) is 0.496. The van der Waals surface area contributed by atoms with Crippen molar-refractivity contribution in [3.63, 3.8) is 0 Å². The number of nitrogens with one attached hydrogen (secondary N) is 2. The van der Waals surface area contributed by atoms with E-state index in [1.807, 2.05) is 44.2 Å². The predicted octanol–water partition coefficient (Wildman–Crippen LogP) is 4.28. The second kappa shape index (κ2) is 19.4. The van der Waals surface area contributed by atoms with Gasteiger partial charge in [-0.05, 0) is 60.7 Å². The molecule has 0 aliphatic heterocycles. The number of amides is 2. The maximum atomic E-state index is 14.2. The summed E-state index contributed by atoms with van der Waals surface area (Å²) in [7, 11) is 0. The minimum absolute atomic E-state index is 0.0717.